The first-order chi connectivity index (χ1) is 8.13. The minimum atomic E-state index is -0.833. The van der Waals surface area contributed by atoms with E-state index in [1.54, 1.807) is 0 Å². The number of aliphatic hydroxyl groups excluding tert-OH is 1. The number of hydrogen-bond donors (Lipinski definition) is 4. The molecule has 1 rings (SSSR count). The predicted molar refractivity (Wildman–Crippen MR) is 63.5 cm³/mol. The summed E-state index contributed by atoms with van der Waals surface area (Å²) in [5, 5.41) is 30.5. The molecule has 1 aliphatic heterocycles. The van der Waals surface area contributed by atoms with E-state index < -0.39 is 17.9 Å². The van der Waals surface area contributed by atoms with Crippen LogP contribution < -0.4 is 0 Å². The molecule has 1 saturated heterocycles. The number of hydrogen-bond acceptors (Lipinski definition) is 5. The van der Waals surface area contributed by atoms with E-state index in [4.69, 9.17) is 34.8 Å². The van der Waals surface area contributed by atoms with Gasteiger partial charge in [-0.15, -0.1) is 0 Å². The Morgan fingerprint density at radius 1 is 0.889 bits per heavy atom. The normalized spacial score (nSPS) is 11.3. The Hall–Kier alpha value is -1.67. The molecule has 0 saturated carbocycles. The van der Waals surface area contributed by atoms with Crippen molar-refractivity contribution >= 4 is 17.9 Å². The van der Waals surface area contributed by atoms with Crippen LogP contribution in [0.25, 0.3) is 0 Å². The molecule has 0 radical (unpaired) electrons. The van der Waals surface area contributed by atoms with Crippen molar-refractivity contribution in [3.63, 3.8) is 0 Å². The summed E-state index contributed by atoms with van der Waals surface area (Å²) in [4.78, 5) is 29.2. The second kappa shape index (κ2) is 15.3. The molecule has 0 atom stereocenters. The van der Waals surface area contributed by atoms with Crippen LogP contribution in [0.4, 0.5) is 0 Å². The number of aliphatic hydroxyl groups is 1. The van der Waals surface area contributed by atoms with Gasteiger partial charge in [-0.1, -0.05) is 0 Å². The molecule has 108 valence electrons. The molecule has 0 aliphatic carbocycles. The van der Waals surface area contributed by atoms with Crippen molar-refractivity contribution in [2.24, 2.45) is 0 Å². The summed E-state index contributed by atoms with van der Waals surface area (Å²) in [6, 6.07) is 0. The number of aliphatic carboxylic acids is 3. The largest absolute Gasteiger partial charge is 0.481 e. The summed E-state index contributed by atoms with van der Waals surface area (Å²) < 4.78 is 0. The van der Waals surface area contributed by atoms with E-state index in [9.17, 15) is 0 Å². The topological polar surface area (TPSA) is 135 Å². The third kappa shape index (κ3) is 136. The Morgan fingerprint density at radius 2 is 1.11 bits per heavy atom. The van der Waals surface area contributed by atoms with Gasteiger partial charge in [0.2, 0.25) is 0 Å². The summed E-state index contributed by atoms with van der Waals surface area (Å²) in [6.45, 7) is 6.83. The van der Waals surface area contributed by atoms with Gasteiger partial charge in [-0.2, -0.15) is 0 Å². The lowest BCUT2D eigenvalue weighted by molar-refractivity contribution is -0.135. The van der Waals surface area contributed by atoms with E-state index in [-0.39, 0.29) is 0 Å². The van der Waals surface area contributed by atoms with Crippen molar-refractivity contribution in [1.82, 2.24) is 4.90 Å². The van der Waals surface area contributed by atoms with E-state index >= 15 is 0 Å². The van der Waals surface area contributed by atoms with Gasteiger partial charge in [0.25, 0.3) is 17.9 Å². The van der Waals surface area contributed by atoms with E-state index in [0.29, 0.717) is 6.61 Å². The van der Waals surface area contributed by atoms with E-state index in [1.165, 1.54) is 13.1 Å². The zero-order valence-electron chi connectivity index (χ0n) is 10.8. The van der Waals surface area contributed by atoms with Gasteiger partial charge >= 0.3 is 0 Å². The monoisotopic (exact) mass is 267 g/mol. The highest BCUT2D eigenvalue weighted by molar-refractivity contribution is 5.63. The van der Waals surface area contributed by atoms with Crippen LogP contribution in [0.5, 0.6) is 0 Å². The van der Waals surface area contributed by atoms with Gasteiger partial charge in [-0.25, -0.2) is 0 Å². The van der Waals surface area contributed by atoms with Crippen molar-refractivity contribution < 1.29 is 34.8 Å². The van der Waals surface area contributed by atoms with Crippen LogP contribution in [-0.2, 0) is 14.4 Å². The second-order valence-corrected chi connectivity index (χ2v) is 3.12. The summed E-state index contributed by atoms with van der Waals surface area (Å²) in [7, 11) is 0. The molecule has 1 fully saturated rings. The van der Waals surface area contributed by atoms with Gasteiger partial charge < -0.3 is 20.4 Å². The maximum atomic E-state index is 9.00. The minimum Gasteiger partial charge on any atom is -0.481 e. The fourth-order valence-corrected chi connectivity index (χ4v) is 0.436. The highest BCUT2D eigenvalue weighted by Gasteiger charge is 2.14. The molecule has 0 amide bonds. The number of carboxylic acids is 3. The highest BCUT2D eigenvalue weighted by atomic mass is 16.4. The van der Waals surface area contributed by atoms with Crippen molar-refractivity contribution in [3.8, 4) is 0 Å². The average molecular weight is 267 g/mol. The molecule has 1 aliphatic rings. The van der Waals surface area contributed by atoms with Gasteiger partial charge in [0.15, 0.2) is 0 Å². The van der Waals surface area contributed by atoms with Gasteiger partial charge in [0.1, 0.15) is 0 Å². The van der Waals surface area contributed by atoms with Crippen molar-refractivity contribution in [1.29, 1.82) is 0 Å². The Morgan fingerprint density at radius 3 is 1.17 bits per heavy atom. The maximum Gasteiger partial charge on any atom is 0.300 e. The molecule has 4 N–H and O–H groups in total. The first-order valence-corrected chi connectivity index (χ1v) is 5.05. The number of nitrogens with zero attached hydrogens (tertiary/aromatic N) is 1. The van der Waals surface area contributed by atoms with Crippen LogP contribution in [0.1, 0.15) is 20.8 Å². The van der Waals surface area contributed by atoms with Crippen LogP contribution in [-0.4, -0.2) is 69.5 Å². The molecule has 8 heteroatoms. The second-order valence-electron chi connectivity index (χ2n) is 3.12. The quantitative estimate of drug-likeness (QED) is 0.495. The minimum absolute atomic E-state index is 0.319. The molecule has 0 unspecified atom stereocenters. The van der Waals surface area contributed by atoms with E-state index in [0.717, 1.165) is 27.3 Å². The summed E-state index contributed by atoms with van der Waals surface area (Å²) in [5.41, 5.74) is 0. The fourth-order valence-electron chi connectivity index (χ4n) is 0.436. The van der Waals surface area contributed by atoms with Crippen LogP contribution in [0.3, 0.4) is 0 Å². The number of carboxylic acid groups (broad SMARTS) is 3. The molecule has 1 heterocycles. The lowest BCUT2D eigenvalue weighted by Crippen LogP contribution is -2.02. The van der Waals surface area contributed by atoms with Gasteiger partial charge in [0, 0.05) is 40.4 Å². The van der Waals surface area contributed by atoms with Gasteiger partial charge in [0.05, 0.1) is 6.61 Å². The first kappa shape index (κ1) is 21.6. The zero-order chi connectivity index (χ0) is 15.1. The Balaban J connectivity index is -0.000000171. The highest BCUT2D eigenvalue weighted by Crippen LogP contribution is 1.99. The first-order valence-electron chi connectivity index (χ1n) is 5.05. The SMILES string of the molecule is CC(=O)O.CC(=O)O.CC(=O)O.OCCN1CC1. The average Bonchev–Trinajstić information content (AvgIpc) is 2.84. The summed E-state index contributed by atoms with van der Waals surface area (Å²) >= 11 is 0. The summed E-state index contributed by atoms with van der Waals surface area (Å²) in [5.74, 6) is -2.50. The summed E-state index contributed by atoms with van der Waals surface area (Å²) in [6.07, 6.45) is 0. The molecule has 0 aromatic carbocycles. The van der Waals surface area contributed by atoms with E-state index in [2.05, 4.69) is 4.90 Å². The fraction of sp³-hybridized carbons (Fsp3) is 0.700. The number of carbonyl (C=O) groups is 3. The number of β-amino-alcohol motifs (C(OH)–C–C–N with tert-alkyl or cyclic N) is 1. The lowest BCUT2D eigenvalue weighted by Gasteiger charge is -1.88. The van der Waals surface area contributed by atoms with Crippen LogP contribution in [0.15, 0.2) is 0 Å². The molecule has 0 spiro atoms. The maximum absolute atomic E-state index is 9.00. The third-order valence-electron chi connectivity index (χ3n) is 0.956. The molecular weight excluding hydrogens is 246 g/mol. The Bertz CT molecular complexity index is 198. The Labute approximate surface area is 105 Å². The van der Waals surface area contributed by atoms with Crippen LogP contribution >= 0.6 is 0 Å². The van der Waals surface area contributed by atoms with Crippen molar-refractivity contribution in [3.05, 3.63) is 0 Å². The molecule has 0 bridgehead atoms. The van der Waals surface area contributed by atoms with Gasteiger partial charge in [-0.05, 0) is 0 Å². The van der Waals surface area contributed by atoms with Crippen molar-refractivity contribution in [2.75, 3.05) is 26.2 Å². The van der Waals surface area contributed by atoms with Crippen LogP contribution in [0.2, 0.25) is 0 Å². The molecule has 8 nitrogen and oxygen atoms in total. The van der Waals surface area contributed by atoms with E-state index in [1.807, 2.05) is 0 Å². The molecule has 18 heavy (non-hydrogen) atoms. The third-order valence-corrected chi connectivity index (χ3v) is 0.956. The lowest BCUT2D eigenvalue weighted by atomic mass is 10.7. The molecule has 0 aromatic heterocycles. The van der Waals surface area contributed by atoms with Gasteiger partial charge in [-0.3, -0.25) is 19.3 Å². The smallest absolute Gasteiger partial charge is 0.300 e. The zero-order valence-corrected chi connectivity index (χ0v) is 10.8. The predicted octanol–water partition coefficient (Wildman–Crippen LogP) is -0.433. The molecule has 0 aromatic rings. The van der Waals surface area contributed by atoms with Crippen molar-refractivity contribution in [2.45, 2.75) is 20.8 Å². The molecular formula is C10H21NO7. The standard InChI is InChI=1S/C4H9NO.3C2H4O2/c6-4-3-5-1-2-5;3*1-2(3)4/h6H,1-4H2;3*1H3,(H,3,4). The van der Waals surface area contributed by atoms with Crippen LogP contribution in [0, 0.1) is 0 Å². The Kier molecular flexibility index (Phi) is 18.4. The number of rotatable bonds is 2.